The zero-order valence-electron chi connectivity index (χ0n) is 27.1. The Labute approximate surface area is 244 Å². The summed E-state index contributed by atoms with van der Waals surface area (Å²) in [5.41, 5.74) is 11.5. The summed E-state index contributed by atoms with van der Waals surface area (Å²) in [5, 5.41) is 10.8. The van der Waals surface area contributed by atoms with Crippen molar-refractivity contribution in [2.45, 2.75) is 156 Å². The molecule has 2 aromatic rings. The second-order valence-electron chi connectivity index (χ2n) is 15.6. The summed E-state index contributed by atoms with van der Waals surface area (Å²) < 4.78 is 0. The zero-order chi connectivity index (χ0) is 28.7. The minimum absolute atomic E-state index is 0.127. The first-order valence-electron chi connectivity index (χ1n) is 16.2. The fourth-order valence-electron chi connectivity index (χ4n) is 9.15. The van der Waals surface area contributed by atoms with Crippen LogP contribution < -0.4 is 10.0 Å². The molecule has 4 nitrogen and oxygen atoms in total. The first kappa shape index (κ1) is 28.1. The van der Waals surface area contributed by atoms with Crippen molar-refractivity contribution in [1.29, 1.82) is 0 Å². The molecule has 40 heavy (non-hydrogen) atoms. The van der Waals surface area contributed by atoms with E-state index in [4.69, 9.17) is 0 Å². The number of hydrogen-bond acceptors (Lipinski definition) is 4. The molecule has 0 N–H and O–H groups in total. The zero-order valence-corrected chi connectivity index (χ0v) is 27.1. The highest BCUT2D eigenvalue weighted by Gasteiger charge is 2.46. The van der Waals surface area contributed by atoms with E-state index in [2.05, 4.69) is 114 Å². The Morgan fingerprint density at radius 1 is 0.450 bits per heavy atom. The van der Waals surface area contributed by atoms with Crippen molar-refractivity contribution in [3.63, 3.8) is 0 Å². The average molecular weight is 543 g/mol. The Bertz CT molecular complexity index is 1120. The number of anilines is 2. The Morgan fingerprint density at radius 2 is 0.700 bits per heavy atom. The van der Waals surface area contributed by atoms with Crippen molar-refractivity contribution in [2.24, 2.45) is 0 Å². The van der Waals surface area contributed by atoms with Gasteiger partial charge in [0.05, 0.1) is 11.4 Å². The van der Waals surface area contributed by atoms with Crippen LogP contribution in [0.3, 0.4) is 0 Å². The number of hydrazine groups is 2. The van der Waals surface area contributed by atoms with E-state index in [9.17, 15) is 0 Å². The molecule has 4 heteroatoms. The summed E-state index contributed by atoms with van der Waals surface area (Å²) in [6.45, 7) is 23.7. The van der Waals surface area contributed by atoms with E-state index >= 15 is 0 Å². The molecule has 0 aromatic heterocycles. The van der Waals surface area contributed by atoms with Crippen molar-refractivity contribution < 1.29 is 0 Å². The van der Waals surface area contributed by atoms with Crippen LogP contribution >= 0.6 is 0 Å². The lowest BCUT2D eigenvalue weighted by Gasteiger charge is -2.59. The molecule has 2 aromatic carbocycles. The molecular formula is C36H54N4. The van der Waals surface area contributed by atoms with E-state index in [1.54, 1.807) is 0 Å². The Morgan fingerprint density at radius 3 is 0.950 bits per heavy atom. The Hall–Kier alpha value is -2.04. The second kappa shape index (κ2) is 9.76. The molecule has 0 atom stereocenters. The number of aryl methyl sites for hydroxylation is 4. The molecule has 8 rings (SSSR count). The lowest BCUT2D eigenvalue weighted by atomic mass is 9.83. The van der Waals surface area contributed by atoms with Gasteiger partial charge in [-0.3, -0.25) is 0 Å². The van der Waals surface area contributed by atoms with Gasteiger partial charge in [-0.1, -0.05) is 0 Å². The van der Waals surface area contributed by atoms with Crippen LogP contribution in [0.5, 0.6) is 0 Å². The van der Waals surface area contributed by atoms with E-state index in [0.717, 1.165) is 0 Å². The predicted octanol–water partition coefficient (Wildman–Crippen LogP) is 8.88. The lowest BCUT2D eigenvalue weighted by molar-refractivity contribution is -0.0144. The van der Waals surface area contributed by atoms with Gasteiger partial charge in [0.25, 0.3) is 0 Å². The first-order chi connectivity index (χ1) is 18.8. The number of hydrogen-bond donors (Lipinski definition) is 0. The van der Waals surface area contributed by atoms with Gasteiger partial charge in [-0.2, -0.15) is 0 Å². The standard InChI is InChI=1S/C36H54N4/c1-23-19-31(37-27-11-15-29(16-12-27)39(37)35(5,6)7)20-24(2)33(23)34-25(3)21-32(22-26(34)4)38-28-13-17-30(18-14-28)40(38)36(8,9)10/h19-22,27-30H,11-18H2,1-10H3. The van der Waals surface area contributed by atoms with Crippen molar-refractivity contribution in [2.75, 3.05) is 10.0 Å². The number of benzene rings is 2. The maximum absolute atomic E-state index is 2.72. The molecule has 0 amide bonds. The van der Waals surface area contributed by atoms with Crippen molar-refractivity contribution in [3.05, 3.63) is 46.5 Å². The molecule has 218 valence electrons. The number of nitrogens with zero attached hydrogens (tertiary/aromatic N) is 4. The van der Waals surface area contributed by atoms with E-state index in [1.165, 1.54) is 96.1 Å². The minimum Gasteiger partial charge on any atom is -0.302 e. The van der Waals surface area contributed by atoms with Crippen LogP contribution in [-0.2, 0) is 0 Å². The smallest absolute Gasteiger partial charge is 0.0531 e. The van der Waals surface area contributed by atoms with Gasteiger partial charge in [-0.15, -0.1) is 0 Å². The molecule has 0 spiro atoms. The normalized spacial score (nSPS) is 27.6. The molecular weight excluding hydrogens is 488 g/mol. The highest BCUT2D eigenvalue weighted by Crippen LogP contribution is 2.46. The van der Waals surface area contributed by atoms with Gasteiger partial charge >= 0.3 is 0 Å². The van der Waals surface area contributed by atoms with Crippen LogP contribution in [0.2, 0.25) is 0 Å². The van der Waals surface area contributed by atoms with Crippen LogP contribution in [0.15, 0.2) is 24.3 Å². The second-order valence-corrected chi connectivity index (χ2v) is 15.6. The SMILES string of the molecule is Cc1cc(N2C3CCC(CC3)N2C(C)(C)C)cc(C)c1-c1c(C)cc(N2C3CCC(CC3)N2C(C)(C)C)cc1C. The maximum atomic E-state index is 2.72. The van der Waals surface area contributed by atoms with Gasteiger partial charge < -0.3 is 10.0 Å². The molecule has 2 aliphatic carbocycles. The van der Waals surface area contributed by atoms with Gasteiger partial charge in [0.15, 0.2) is 0 Å². The average Bonchev–Trinajstić information content (AvgIpc) is 2.88. The number of rotatable bonds is 3. The summed E-state index contributed by atoms with van der Waals surface area (Å²) in [4.78, 5) is 0. The highest BCUT2D eigenvalue weighted by atomic mass is 15.7. The molecule has 4 heterocycles. The van der Waals surface area contributed by atoms with E-state index in [0.29, 0.717) is 24.2 Å². The molecule has 4 bridgehead atoms. The molecule has 6 fully saturated rings. The fourth-order valence-corrected chi connectivity index (χ4v) is 9.15. The highest BCUT2D eigenvalue weighted by molar-refractivity contribution is 5.80. The van der Waals surface area contributed by atoms with Crippen LogP contribution in [0, 0.1) is 27.7 Å². The third kappa shape index (κ3) is 4.58. The first-order valence-corrected chi connectivity index (χ1v) is 16.2. The van der Waals surface area contributed by atoms with Crippen LogP contribution in [0.4, 0.5) is 11.4 Å². The van der Waals surface area contributed by atoms with E-state index < -0.39 is 0 Å². The summed E-state index contributed by atoms with van der Waals surface area (Å²) in [6.07, 6.45) is 10.6. The van der Waals surface area contributed by atoms with Crippen molar-refractivity contribution >= 4 is 11.4 Å². The summed E-state index contributed by atoms with van der Waals surface area (Å²) in [5.74, 6) is 0. The van der Waals surface area contributed by atoms with E-state index in [1.807, 2.05) is 0 Å². The summed E-state index contributed by atoms with van der Waals surface area (Å²) in [7, 11) is 0. The topological polar surface area (TPSA) is 13.0 Å². The van der Waals surface area contributed by atoms with Crippen molar-refractivity contribution in [3.8, 4) is 11.1 Å². The van der Waals surface area contributed by atoms with Gasteiger partial charge in [-0.25, -0.2) is 10.0 Å². The third-order valence-corrected chi connectivity index (χ3v) is 10.4. The van der Waals surface area contributed by atoms with Crippen LogP contribution in [-0.4, -0.2) is 45.3 Å². The quantitative estimate of drug-likeness (QED) is 0.384. The molecule has 0 unspecified atom stereocenters. The molecule has 0 radical (unpaired) electrons. The van der Waals surface area contributed by atoms with Crippen molar-refractivity contribution in [1.82, 2.24) is 10.0 Å². The fraction of sp³-hybridized carbons (Fsp3) is 0.667. The van der Waals surface area contributed by atoms with E-state index in [-0.39, 0.29) is 11.1 Å². The summed E-state index contributed by atoms with van der Waals surface area (Å²) >= 11 is 0. The maximum Gasteiger partial charge on any atom is 0.0531 e. The number of fused-ring (bicyclic) bond motifs is 6. The molecule has 4 saturated heterocycles. The van der Waals surface area contributed by atoms with Gasteiger partial charge in [-0.05, 0) is 178 Å². The monoisotopic (exact) mass is 542 g/mol. The van der Waals surface area contributed by atoms with Gasteiger partial charge in [0, 0.05) is 35.2 Å². The Kier molecular flexibility index (Phi) is 6.86. The molecule has 4 aliphatic heterocycles. The predicted molar refractivity (Wildman–Crippen MR) is 171 cm³/mol. The minimum atomic E-state index is 0.127. The largest absolute Gasteiger partial charge is 0.302 e. The Balaban J connectivity index is 1.38. The van der Waals surface area contributed by atoms with Crippen LogP contribution in [0.1, 0.15) is 115 Å². The summed E-state index contributed by atoms with van der Waals surface area (Å²) in [6, 6.07) is 12.5. The molecule has 6 aliphatic rings. The van der Waals surface area contributed by atoms with Gasteiger partial charge in [0.1, 0.15) is 0 Å². The molecule has 2 saturated carbocycles. The van der Waals surface area contributed by atoms with Crippen LogP contribution in [0.25, 0.3) is 11.1 Å². The van der Waals surface area contributed by atoms with Gasteiger partial charge in [0.2, 0.25) is 0 Å². The lowest BCUT2D eigenvalue weighted by Crippen LogP contribution is -2.67. The third-order valence-electron chi connectivity index (χ3n) is 10.4.